The Bertz CT molecular complexity index is 447. The Morgan fingerprint density at radius 3 is 2.76 bits per heavy atom. The van der Waals surface area contributed by atoms with Gasteiger partial charge >= 0.3 is 5.97 Å². The lowest BCUT2D eigenvalue weighted by atomic mass is 9.71. The van der Waals surface area contributed by atoms with Crippen molar-refractivity contribution in [1.82, 2.24) is 0 Å². The van der Waals surface area contributed by atoms with Crippen molar-refractivity contribution in [3.05, 3.63) is 47.7 Å². The summed E-state index contributed by atoms with van der Waals surface area (Å²) in [5, 5.41) is 0. The lowest BCUT2D eigenvalue weighted by Crippen LogP contribution is -2.27. The fourth-order valence-electron chi connectivity index (χ4n) is 3.06. The van der Waals surface area contributed by atoms with Gasteiger partial charge < -0.3 is 4.74 Å². The normalized spacial score (nSPS) is 28.0. The van der Waals surface area contributed by atoms with Gasteiger partial charge in [0, 0.05) is 5.92 Å². The van der Waals surface area contributed by atoms with Crippen LogP contribution in [0.25, 0.3) is 0 Å². The highest BCUT2D eigenvalue weighted by atomic mass is 16.5. The van der Waals surface area contributed by atoms with Crippen molar-refractivity contribution in [1.29, 1.82) is 0 Å². The Morgan fingerprint density at radius 2 is 1.94 bits per heavy atom. The molecule has 1 heterocycles. The number of benzene rings is 1. The molecule has 2 nitrogen and oxygen atoms in total. The first kappa shape index (κ1) is 10.6. The summed E-state index contributed by atoms with van der Waals surface area (Å²) < 4.78 is 5.03. The zero-order chi connectivity index (χ0) is 11.7. The van der Waals surface area contributed by atoms with Crippen LogP contribution in [0.2, 0.25) is 0 Å². The third kappa shape index (κ3) is 1.99. The molecule has 1 aromatic rings. The molecule has 1 aliphatic heterocycles. The van der Waals surface area contributed by atoms with E-state index in [1.165, 1.54) is 24.0 Å². The predicted molar refractivity (Wildman–Crippen MR) is 65.3 cm³/mol. The van der Waals surface area contributed by atoms with Gasteiger partial charge in [-0.3, -0.25) is 4.79 Å². The van der Waals surface area contributed by atoms with E-state index in [2.05, 4.69) is 24.3 Å². The van der Waals surface area contributed by atoms with Crippen LogP contribution < -0.4 is 0 Å². The third-order valence-corrected chi connectivity index (χ3v) is 3.90. The Labute approximate surface area is 101 Å². The molecule has 0 N–H and O–H groups in total. The Hall–Kier alpha value is -1.57. The van der Waals surface area contributed by atoms with Crippen molar-refractivity contribution in [3.8, 4) is 0 Å². The Morgan fingerprint density at radius 1 is 1.12 bits per heavy atom. The van der Waals surface area contributed by atoms with E-state index in [9.17, 15) is 4.79 Å². The number of ether oxygens (including phenoxy) is 1. The molecule has 0 bridgehead atoms. The minimum absolute atomic E-state index is 0.0819. The summed E-state index contributed by atoms with van der Waals surface area (Å²) in [6.07, 6.45) is 5.71. The minimum atomic E-state index is -0.0819. The molecule has 0 amide bonds. The van der Waals surface area contributed by atoms with Gasteiger partial charge in [0.05, 0.1) is 12.7 Å². The quantitative estimate of drug-likeness (QED) is 0.688. The van der Waals surface area contributed by atoms with Gasteiger partial charge in [0.2, 0.25) is 0 Å². The number of hydrogen-bond acceptors (Lipinski definition) is 2. The largest absolute Gasteiger partial charge is 0.435 e. The second-order valence-corrected chi connectivity index (χ2v) is 4.90. The second kappa shape index (κ2) is 4.36. The number of esters is 1. The number of fused-ring (bicyclic) bond motifs is 1. The van der Waals surface area contributed by atoms with Gasteiger partial charge in [-0.25, -0.2) is 0 Å². The van der Waals surface area contributed by atoms with Crippen LogP contribution in [0, 0.1) is 5.92 Å². The van der Waals surface area contributed by atoms with E-state index >= 15 is 0 Å². The van der Waals surface area contributed by atoms with Crippen LogP contribution in [0.4, 0.5) is 0 Å². The highest BCUT2D eigenvalue weighted by Crippen LogP contribution is 2.44. The van der Waals surface area contributed by atoms with Crippen molar-refractivity contribution in [2.45, 2.75) is 31.6 Å². The molecule has 0 spiro atoms. The molecular weight excluding hydrogens is 212 g/mol. The summed E-state index contributed by atoms with van der Waals surface area (Å²) in [6.45, 7) is 0. The molecule has 2 aliphatic rings. The summed E-state index contributed by atoms with van der Waals surface area (Å²) in [4.78, 5) is 11.4. The summed E-state index contributed by atoms with van der Waals surface area (Å²) in [5.41, 5.74) is 2.68. The van der Waals surface area contributed by atoms with Gasteiger partial charge in [-0.2, -0.15) is 0 Å². The van der Waals surface area contributed by atoms with Crippen molar-refractivity contribution in [2.75, 3.05) is 0 Å². The number of cyclic esters (lactones) is 1. The molecule has 0 aromatic heterocycles. The maximum atomic E-state index is 11.4. The SMILES string of the molecule is O=C1C[C@@H]2C(=CO1)CCC[C@H]2c1ccccc1. The van der Waals surface area contributed by atoms with Gasteiger partial charge in [0.1, 0.15) is 0 Å². The predicted octanol–water partition coefficient (Wildman–Crippen LogP) is 3.40. The lowest BCUT2D eigenvalue weighted by molar-refractivity contribution is -0.140. The molecule has 0 unspecified atom stereocenters. The van der Waals surface area contributed by atoms with Crippen molar-refractivity contribution < 1.29 is 9.53 Å². The van der Waals surface area contributed by atoms with Crippen LogP contribution >= 0.6 is 0 Å². The summed E-state index contributed by atoms with van der Waals surface area (Å²) in [7, 11) is 0. The smallest absolute Gasteiger partial charge is 0.311 e. The molecule has 1 aromatic carbocycles. The Balaban J connectivity index is 1.92. The highest BCUT2D eigenvalue weighted by molar-refractivity contribution is 5.72. The monoisotopic (exact) mass is 228 g/mol. The maximum Gasteiger partial charge on any atom is 0.311 e. The average molecular weight is 228 g/mol. The molecule has 88 valence electrons. The van der Waals surface area contributed by atoms with Crippen molar-refractivity contribution in [2.24, 2.45) is 5.92 Å². The second-order valence-electron chi connectivity index (χ2n) is 4.90. The van der Waals surface area contributed by atoms with E-state index in [4.69, 9.17) is 4.74 Å². The van der Waals surface area contributed by atoms with E-state index in [1.807, 2.05) is 6.07 Å². The molecule has 2 heteroatoms. The van der Waals surface area contributed by atoms with Crippen molar-refractivity contribution >= 4 is 5.97 Å². The molecule has 3 rings (SSSR count). The number of hydrogen-bond donors (Lipinski definition) is 0. The standard InChI is InChI=1S/C15H16O2/c16-15-9-14-12(10-17-15)7-4-8-13(14)11-5-2-1-3-6-11/h1-3,5-6,10,13-14H,4,7-9H2/t13-,14+/m0/s1. The van der Waals surface area contributed by atoms with Gasteiger partial charge in [-0.1, -0.05) is 30.3 Å². The van der Waals surface area contributed by atoms with Crippen molar-refractivity contribution in [3.63, 3.8) is 0 Å². The fourth-order valence-corrected chi connectivity index (χ4v) is 3.06. The molecule has 1 fully saturated rings. The minimum Gasteiger partial charge on any atom is -0.435 e. The first-order chi connectivity index (χ1) is 8.34. The zero-order valence-corrected chi connectivity index (χ0v) is 9.76. The van der Waals surface area contributed by atoms with E-state index in [1.54, 1.807) is 6.26 Å². The summed E-state index contributed by atoms with van der Waals surface area (Å²) >= 11 is 0. The third-order valence-electron chi connectivity index (χ3n) is 3.90. The van der Waals surface area contributed by atoms with Crippen LogP contribution in [-0.2, 0) is 9.53 Å². The maximum absolute atomic E-state index is 11.4. The summed E-state index contributed by atoms with van der Waals surface area (Å²) in [5.74, 6) is 0.776. The van der Waals surface area contributed by atoms with Crippen LogP contribution in [0.3, 0.4) is 0 Å². The molecule has 0 saturated heterocycles. The van der Waals surface area contributed by atoms with Crippen LogP contribution in [0.1, 0.15) is 37.2 Å². The zero-order valence-electron chi connectivity index (χ0n) is 9.76. The van der Waals surface area contributed by atoms with Crippen LogP contribution in [-0.4, -0.2) is 5.97 Å². The Kier molecular flexibility index (Phi) is 2.71. The topological polar surface area (TPSA) is 26.3 Å². The van der Waals surface area contributed by atoms with Gasteiger partial charge in [0.25, 0.3) is 0 Å². The number of allylic oxidation sites excluding steroid dienone is 1. The molecule has 0 radical (unpaired) electrons. The molecular formula is C15H16O2. The summed E-state index contributed by atoms with van der Waals surface area (Å²) in [6, 6.07) is 10.5. The van der Waals surface area contributed by atoms with Crippen LogP contribution in [0.5, 0.6) is 0 Å². The molecule has 17 heavy (non-hydrogen) atoms. The lowest BCUT2D eigenvalue weighted by Gasteiger charge is -2.35. The highest BCUT2D eigenvalue weighted by Gasteiger charge is 2.34. The number of rotatable bonds is 1. The van der Waals surface area contributed by atoms with Gasteiger partial charge in [0.15, 0.2) is 0 Å². The number of carbonyl (C=O) groups excluding carboxylic acids is 1. The molecule has 1 saturated carbocycles. The van der Waals surface area contributed by atoms with E-state index in [-0.39, 0.29) is 5.97 Å². The van der Waals surface area contributed by atoms with E-state index < -0.39 is 0 Å². The van der Waals surface area contributed by atoms with E-state index in [0.29, 0.717) is 18.3 Å². The first-order valence-corrected chi connectivity index (χ1v) is 6.28. The van der Waals surface area contributed by atoms with E-state index in [0.717, 1.165) is 6.42 Å². The fraction of sp³-hybridized carbons (Fsp3) is 0.400. The average Bonchev–Trinajstić information content (AvgIpc) is 2.39. The molecule has 2 atom stereocenters. The molecule has 1 aliphatic carbocycles. The van der Waals surface area contributed by atoms with Gasteiger partial charge in [-0.15, -0.1) is 0 Å². The van der Waals surface area contributed by atoms with Gasteiger partial charge in [-0.05, 0) is 36.3 Å². The first-order valence-electron chi connectivity index (χ1n) is 6.28. The van der Waals surface area contributed by atoms with Crippen LogP contribution in [0.15, 0.2) is 42.2 Å². The number of carbonyl (C=O) groups is 1.